The molecule has 0 amide bonds. The summed E-state index contributed by atoms with van der Waals surface area (Å²) < 4.78 is 0. The van der Waals surface area contributed by atoms with Gasteiger partial charge in [0.1, 0.15) is 11.8 Å². The summed E-state index contributed by atoms with van der Waals surface area (Å²) in [7, 11) is 0. The molecule has 0 bridgehead atoms. The monoisotopic (exact) mass is 166 g/mol. The standard InChI is InChI=1S/C4H14N4O3/c5-2(10)3(6,1-9)4(7,8)11/h2,9-11H,1,5-8H2. The van der Waals surface area contributed by atoms with Gasteiger partial charge in [0.2, 0.25) is 0 Å². The molecule has 0 fully saturated rings. The van der Waals surface area contributed by atoms with E-state index >= 15 is 0 Å². The van der Waals surface area contributed by atoms with Crippen molar-refractivity contribution in [3.05, 3.63) is 0 Å². The normalized spacial score (nSPS) is 21.0. The highest BCUT2D eigenvalue weighted by molar-refractivity contribution is 4.99. The highest BCUT2D eigenvalue weighted by atomic mass is 16.3. The smallest absolute Gasteiger partial charge is 0.191 e. The van der Waals surface area contributed by atoms with Gasteiger partial charge in [-0.25, -0.2) is 0 Å². The van der Waals surface area contributed by atoms with Crippen LogP contribution in [0.2, 0.25) is 0 Å². The highest BCUT2D eigenvalue weighted by Crippen LogP contribution is 2.10. The molecule has 0 heterocycles. The Morgan fingerprint density at radius 3 is 1.64 bits per heavy atom. The Hall–Kier alpha value is -0.280. The molecule has 2 atom stereocenters. The third kappa shape index (κ3) is 1.84. The second-order valence-electron chi connectivity index (χ2n) is 2.47. The van der Waals surface area contributed by atoms with E-state index in [0.717, 1.165) is 0 Å². The number of aliphatic hydroxyl groups excluding tert-OH is 2. The van der Waals surface area contributed by atoms with Crippen molar-refractivity contribution >= 4 is 0 Å². The number of rotatable bonds is 3. The van der Waals surface area contributed by atoms with E-state index < -0.39 is 24.2 Å². The van der Waals surface area contributed by atoms with Crippen molar-refractivity contribution in [2.24, 2.45) is 22.9 Å². The van der Waals surface area contributed by atoms with Gasteiger partial charge in [-0.2, -0.15) is 0 Å². The van der Waals surface area contributed by atoms with Crippen LogP contribution < -0.4 is 22.9 Å². The van der Waals surface area contributed by atoms with E-state index in [-0.39, 0.29) is 0 Å². The molecule has 0 spiro atoms. The van der Waals surface area contributed by atoms with Crippen molar-refractivity contribution < 1.29 is 15.3 Å². The third-order valence-corrected chi connectivity index (χ3v) is 1.54. The Morgan fingerprint density at radius 2 is 1.64 bits per heavy atom. The number of hydrogen-bond acceptors (Lipinski definition) is 7. The van der Waals surface area contributed by atoms with E-state index in [0.29, 0.717) is 0 Å². The molecule has 7 heteroatoms. The average Bonchev–Trinajstić information content (AvgIpc) is 1.83. The van der Waals surface area contributed by atoms with Gasteiger partial charge in [0.15, 0.2) is 5.85 Å². The van der Waals surface area contributed by atoms with Crippen LogP contribution in [0.4, 0.5) is 0 Å². The summed E-state index contributed by atoms with van der Waals surface area (Å²) in [6.07, 6.45) is -1.70. The number of aliphatic hydroxyl groups is 3. The molecule has 0 aliphatic rings. The summed E-state index contributed by atoms with van der Waals surface area (Å²) in [6.45, 7) is -0.825. The Labute approximate surface area is 63.6 Å². The maximum atomic E-state index is 8.94. The zero-order valence-electron chi connectivity index (χ0n) is 5.94. The third-order valence-electron chi connectivity index (χ3n) is 1.54. The van der Waals surface area contributed by atoms with Crippen LogP contribution in [0.25, 0.3) is 0 Å². The maximum Gasteiger partial charge on any atom is 0.191 e. The van der Waals surface area contributed by atoms with Gasteiger partial charge < -0.3 is 26.8 Å². The fraction of sp³-hybridized carbons (Fsp3) is 1.00. The van der Waals surface area contributed by atoms with Crippen LogP contribution in [0.5, 0.6) is 0 Å². The van der Waals surface area contributed by atoms with Gasteiger partial charge in [-0.15, -0.1) is 0 Å². The molecule has 0 aliphatic carbocycles. The molecule has 0 aromatic heterocycles. The fourth-order valence-corrected chi connectivity index (χ4v) is 0.457. The first-order valence-corrected chi connectivity index (χ1v) is 2.89. The van der Waals surface area contributed by atoms with Crippen molar-refractivity contribution in [3.63, 3.8) is 0 Å². The first-order valence-electron chi connectivity index (χ1n) is 2.89. The molecule has 0 aliphatic heterocycles. The van der Waals surface area contributed by atoms with Gasteiger partial charge in [-0.1, -0.05) is 0 Å². The van der Waals surface area contributed by atoms with Crippen LogP contribution in [0, 0.1) is 0 Å². The van der Waals surface area contributed by atoms with Gasteiger partial charge in [0.05, 0.1) is 6.61 Å². The van der Waals surface area contributed by atoms with E-state index in [9.17, 15) is 0 Å². The van der Waals surface area contributed by atoms with E-state index in [1.54, 1.807) is 0 Å². The zero-order valence-corrected chi connectivity index (χ0v) is 5.94. The van der Waals surface area contributed by atoms with Crippen LogP contribution in [-0.4, -0.2) is 39.5 Å². The number of hydrogen-bond donors (Lipinski definition) is 7. The van der Waals surface area contributed by atoms with Gasteiger partial charge in [0, 0.05) is 0 Å². The predicted molar refractivity (Wildman–Crippen MR) is 37.5 cm³/mol. The largest absolute Gasteiger partial charge is 0.394 e. The SMILES string of the molecule is NC(O)C(N)(CO)C(N)(N)O. The molecule has 2 unspecified atom stereocenters. The second-order valence-corrected chi connectivity index (χ2v) is 2.47. The van der Waals surface area contributed by atoms with Gasteiger partial charge >= 0.3 is 0 Å². The second kappa shape index (κ2) is 2.99. The predicted octanol–water partition coefficient (Wildman–Crippen LogP) is -4.48. The van der Waals surface area contributed by atoms with Gasteiger partial charge in [-0.05, 0) is 0 Å². The Balaban J connectivity index is 4.61. The van der Waals surface area contributed by atoms with Crippen molar-refractivity contribution in [2.45, 2.75) is 17.6 Å². The first-order chi connectivity index (χ1) is 4.75. The molecular weight excluding hydrogens is 152 g/mol. The van der Waals surface area contributed by atoms with E-state index in [4.69, 9.17) is 38.3 Å². The highest BCUT2D eigenvalue weighted by Gasteiger charge is 2.46. The lowest BCUT2D eigenvalue weighted by Gasteiger charge is -2.39. The molecule has 0 saturated heterocycles. The molecule has 11 N–H and O–H groups in total. The lowest BCUT2D eigenvalue weighted by atomic mass is 9.94. The topological polar surface area (TPSA) is 165 Å². The van der Waals surface area contributed by atoms with Crippen LogP contribution in [0.1, 0.15) is 0 Å². The molecule has 0 rings (SSSR count). The van der Waals surface area contributed by atoms with E-state index in [1.807, 2.05) is 0 Å². The minimum absolute atomic E-state index is 0.825. The van der Waals surface area contributed by atoms with Crippen LogP contribution in [-0.2, 0) is 0 Å². The lowest BCUT2D eigenvalue weighted by molar-refractivity contribution is -0.102. The minimum Gasteiger partial charge on any atom is -0.394 e. The molecule has 0 radical (unpaired) electrons. The van der Waals surface area contributed by atoms with E-state index in [1.165, 1.54) is 0 Å². The molecule has 0 aromatic carbocycles. The Bertz CT molecular complexity index is 134. The van der Waals surface area contributed by atoms with Crippen LogP contribution in [0.15, 0.2) is 0 Å². The zero-order chi connectivity index (χ0) is 9.28. The molecule has 0 aromatic rings. The maximum absolute atomic E-state index is 8.94. The minimum atomic E-state index is -2.42. The molecule has 68 valence electrons. The van der Waals surface area contributed by atoms with Crippen molar-refractivity contribution in [1.29, 1.82) is 0 Å². The summed E-state index contributed by atoms with van der Waals surface area (Å²) in [5, 5.41) is 26.3. The fourth-order valence-electron chi connectivity index (χ4n) is 0.457. The lowest BCUT2D eigenvalue weighted by Crippen LogP contribution is -2.79. The van der Waals surface area contributed by atoms with Gasteiger partial charge in [-0.3, -0.25) is 11.5 Å². The average molecular weight is 166 g/mol. The van der Waals surface area contributed by atoms with Crippen molar-refractivity contribution in [1.82, 2.24) is 0 Å². The van der Waals surface area contributed by atoms with E-state index in [2.05, 4.69) is 0 Å². The quantitative estimate of drug-likeness (QED) is 0.207. The molecule has 0 saturated carbocycles. The summed E-state index contributed by atoms with van der Waals surface area (Å²) in [6, 6.07) is 0. The van der Waals surface area contributed by atoms with Gasteiger partial charge in [0.25, 0.3) is 0 Å². The number of nitrogens with two attached hydrogens (primary N) is 4. The molecule has 11 heavy (non-hydrogen) atoms. The Kier molecular flexibility index (Phi) is 2.91. The summed E-state index contributed by atoms with van der Waals surface area (Å²) >= 11 is 0. The Morgan fingerprint density at radius 1 is 1.27 bits per heavy atom. The van der Waals surface area contributed by atoms with Crippen molar-refractivity contribution in [3.8, 4) is 0 Å². The first kappa shape index (κ1) is 10.7. The van der Waals surface area contributed by atoms with Crippen molar-refractivity contribution in [2.75, 3.05) is 6.61 Å². The molecule has 7 nitrogen and oxygen atoms in total. The summed E-state index contributed by atoms with van der Waals surface area (Å²) in [4.78, 5) is 0. The van der Waals surface area contributed by atoms with Crippen LogP contribution >= 0.6 is 0 Å². The van der Waals surface area contributed by atoms with Crippen LogP contribution in [0.3, 0.4) is 0 Å². The molecular formula is C4H14N4O3. The summed E-state index contributed by atoms with van der Waals surface area (Å²) in [5.74, 6) is -2.42. The summed E-state index contributed by atoms with van der Waals surface area (Å²) in [5.41, 5.74) is 18.0.